The molecule has 0 aromatic carbocycles. The van der Waals surface area contributed by atoms with Crippen LogP contribution in [-0.2, 0) is 15.6 Å². The van der Waals surface area contributed by atoms with Crippen molar-refractivity contribution in [1.82, 2.24) is 14.8 Å². The quantitative estimate of drug-likeness (QED) is 0.759. The summed E-state index contributed by atoms with van der Waals surface area (Å²) < 4.78 is 24.0. The lowest BCUT2D eigenvalue weighted by atomic mass is 10.3. The van der Waals surface area contributed by atoms with Gasteiger partial charge in [-0.25, -0.2) is 8.42 Å². The highest BCUT2D eigenvalue weighted by Crippen LogP contribution is 2.46. The average Bonchev–Trinajstić information content (AvgIpc) is 2.70. The lowest BCUT2D eigenvalue weighted by Gasteiger charge is -2.03. The summed E-state index contributed by atoms with van der Waals surface area (Å²) in [5, 5.41) is 7.42. The van der Waals surface area contributed by atoms with E-state index < -0.39 is 9.05 Å². The fourth-order valence-corrected chi connectivity index (χ4v) is 2.70. The van der Waals surface area contributed by atoms with Crippen molar-refractivity contribution in [3.05, 3.63) is 5.82 Å². The number of halogens is 1. The van der Waals surface area contributed by atoms with Crippen LogP contribution in [0.2, 0.25) is 0 Å². The number of rotatable bonds is 3. The number of nitrogens with zero attached hydrogens (tertiary/aromatic N) is 3. The van der Waals surface area contributed by atoms with Crippen LogP contribution in [0.4, 0.5) is 0 Å². The summed E-state index contributed by atoms with van der Waals surface area (Å²) in [7, 11) is 1.48. The summed E-state index contributed by atoms with van der Waals surface area (Å²) in [6, 6.07) is 0. The minimum Gasteiger partial charge on any atom is -0.301 e. The highest BCUT2D eigenvalue weighted by molar-refractivity contribution is 8.13. The Morgan fingerprint density at radius 3 is 2.53 bits per heavy atom. The number of hydrogen-bond acceptors (Lipinski definition) is 4. The Labute approximate surface area is 92.9 Å². The number of aromatic nitrogens is 3. The third kappa shape index (κ3) is 1.88. The normalized spacial score (nSPS) is 25.5. The van der Waals surface area contributed by atoms with Crippen molar-refractivity contribution in [2.24, 2.45) is 5.92 Å². The van der Waals surface area contributed by atoms with Crippen LogP contribution in [0.1, 0.15) is 32.0 Å². The second-order valence-corrected chi connectivity index (χ2v) is 6.30. The first-order valence-corrected chi connectivity index (χ1v) is 7.13. The topological polar surface area (TPSA) is 64.8 Å². The van der Waals surface area contributed by atoms with Crippen molar-refractivity contribution in [2.75, 3.05) is 0 Å². The van der Waals surface area contributed by atoms with Crippen molar-refractivity contribution < 1.29 is 8.42 Å². The van der Waals surface area contributed by atoms with Gasteiger partial charge in [-0.1, -0.05) is 6.92 Å². The van der Waals surface area contributed by atoms with Gasteiger partial charge in [0.2, 0.25) is 0 Å². The fourth-order valence-electron chi connectivity index (χ4n) is 1.73. The van der Waals surface area contributed by atoms with Crippen molar-refractivity contribution in [1.29, 1.82) is 0 Å². The first-order valence-electron chi connectivity index (χ1n) is 4.83. The average molecular weight is 250 g/mol. The predicted molar refractivity (Wildman–Crippen MR) is 55.3 cm³/mol. The standard InChI is InChI=1S/C8H12ClN3O2S/c1-3-12-7(6-4-5(6)2)10-11-8(12)15(9,13)14/h5-6H,3-4H2,1-2H3. The van der Waals surface area contributed by atoms with Gasteiger partial charge in [-0.05, 0) is 19.3 Å². The molecule has 7 heteroatoms. The van der Waals surface area contributed by atoms with Gasteiger partial charge in [0.15, 0.2) is 0 Å². The molecule has 2 unspecified atom stereocenters. The molecule has 0 radical (unpaired) electrons. The van der Waals surface area contributed by atoms with E-state index in [2.05, 4.69) is 17.1 Å². The second-order valence-electron chi connectivity index (χ2n) is 3.84. The molecule has 2 atom stereocenters. The van der Waals surface area contributed by atoms with E-state index >= 15 is 0 Å². The largest absolute Gasteiger partial charge is 0.301 e. The maximum atomic E-state index is 11.2. The van der Waals surface area contributed by atoms with Crippen LogP contribution < -0.4 is 0 Å². The van der Waals surface area contributed by atoms with Crippen LogP contribution in [-0.4, -0.2) is 23.2 Å². The third-order valence-corrected chi connectivity index (χ3v) is 3.87. The lowest BCUT2D eigenvalue weighted by molar-refractivity contribution is 0.573. The highest BCUT2D eigenvalue weighted by Gasteiger charge is 2.39. The SMILES string of the molecule is CCn1c(C2CC2C)nnc1S(=O)(=O)Cl. The monoisotopic (exact) mass is 249 g/mol. The van der Waals surface area contributed by atoms with Crippen LogP contribution in [0.25, 0.3) is 0 Å². The van der Waals surface area contributed by atoms with Crippen LogP contribution in [0.5, 0.6) is 0 Å². The molecule has 0 spiro atoms. The zero-order valence-electron chi connectivity index (χ0n) is 8.51. The molecule has 15 heavy (non-hydrogen) atoms. The molecule has 0 amide bonds. The van der Waals surface area contributed by atoms with E-state index in [9.17, 15) is 8.42 Å². The molecule has 0 bridgehead atoms. The van der Waals surface area contributed by atoms with Gasteiger partial charge in [0.05, 0.1) is 0 Å². The molecule has 0 aliphatic heterocycles. The van der Waals surface area contributed by atoms with Crippen molar-refractivity contribution in [2.45, 2.75) is 37.9 Å². The number of hydrogen-bond donors (Lipinski definition) is 0. The summed E-state index contributed by atoms with van der Waals surface area (Å²) in [4.78, 5) is 0. The molecule has 1 heterocycles. The molecule has 1 fully saturated rings. The molecule has 1 aliphatic carbocycles. The molecular weight excluding hydrogens is 238 g/mol. The van der Waals surface area contributed by atoms with Crippen LogP contribution in [0.15, 0.2) is 5.16 Å². The van der Waals surface area contributed by atoms with E-state index in [0.29, 0.717) is 18.4 Å². The molecule has 84 valence electrons. The molecule has 1 aromatic heterocycles. The van der Waals surface area contributed by atoms with E-state index in [4.69, 9.17) is 10.7 Å². The third-order valence-electron chi connectivity index (χ3n) is 2.72. The van der Waals surface area contributed by atoms with E-state index in [1.165, 1.54) is 0 Å². The lowest BCUT2D eigenvalue weighted by Crippen LogP contribution is -2.07. The molecule has 0 saturated heterocycles. The van der Waals surface area contributed by atoms with Crippen molar-refractivity contribution in [3.8, 4) is 0 Å². The summed E-state index contributed by atoms with van der Waals surface area (Å²) in [6.45, 7) is 4.48. The van der Waals surface area contributed by atoms with Gasteiger partial charge in [0.1, 0.15) is 5.82 Å². The second kappa shape index (κ2) is 3.45. The molecule has 0 N–H and O–H groups in total. The molecule has 5 nitrogen and oxygen atoms in total. The van der Waals surface area contributed by atoms with Gasteiger partial charge in [0.25, 0.3) is 14.2 Å². The van der Waals surface area contributed by atoms with Gasteiger partial charge >= 0.3 is 0 Å². The Bertz CT molecular complexity index is 482. The van der Waals surface area contributed by atoms with Gasteiger partial charge in [-0.2, -0.15) is 0 Å². The molecule has 1 aliphatic rings. The van der Waals surface area contributed by atoms with Crippen molar-refractivity contribution >= 4 is 19.7 Å². The first kappa shape index (κ1) is 10.9. The Morgan fingerprint density at radius 1 is 1.53 bits per heavy atom. The highest BCUT2D eigenvalue weighted by atomic mass is 35.7. The fraction of sp³-hybridized carbons (Fsp3) is 0.750. The van der Waals surface area contributed by atoms with Gasteiger partial charge in [-0.15, -0.1) is 10.2 Å². The summed E-state index contributed by atoms with van der Waals surface area (Å²) in [6.07, 6.45) is 1.04. The summed E-state index contributed by atoms with van der Waals surface area (Å²) >= 11 is 0. The minimum absolute atomic E-state index is 0.138. The zero-order chi connectivity index (χ0) is 11.2. The van der Waals surface area contributed by atoms with Crippen molar-refractivity contribution in [3.63, 3.8) is 0 Å². The maximum absolute atomic E-state index is 11.2. The Morgan fingerprint density at radius 2 is 2.13 bits per heavy atom. The molecule has 1 saturated carbocycles. The zero-order valence-corrected chi connectivity index (χ0v) is 10.1. The smallest absolute Gasteiger partial charge is 0.296 e. The summed E-state index contributed by atoms with van der Waals surface area (Å²) in [5.41, 5.74) is 0. The van der Waals surface area contributed by atoms with E-state index in [0.717, 1.165) is 12.2 Å². The van der Waals surface area contributed by atoms with E-state index in [-0.39, 0.29) is 5.16 Å². The minimum atomic E-state index is -3.79. The summed E-state index contributed by atoms with van der Waals surface area (Å²) in [5.74, 6) is 1.64. The van der Waals surface area contributed by atoms with Gasteiger partial charge < -0.3 is 4.57 Å². The Kier molecular flexibility index (Phi) is 2.50. The molecular formula is C8H12ClN3O2S. The van der Waals surface area contributed by atoms with E-state index in [1.54, 1.807) is 4.57 Å². The Hall–Kier alpha value is -0.620. The Balaban J connectivity index is 2.47. The first-order chi connectivity index (χ1) is 6.95. The maximum Gasteiger partial charge on any atom is 0.296 e. The van der Waals surface area contributed by atoms with E-state index in [1.807, 2.05) is 6.92 Å². The van der Waals surface area contributed by atoms with Crippen LogP contribution >= 0.6 is 10.7 Å². The molecule has 1 aromatic rings. The van der Waals surface area contributed by atoms with Crippen LogP contribution in [0.3, 0.4) is 0 Å². The van der Waals surface area contributed by atoms with Crippen LogP contribution in [0, 0.1) is 5.92 Å². The van der Waals surface area contributed by atoms with Gasteiger partial charge in [-0.3, -0.25) is 0 Å². The molecule has 2 rings (SSSR count). The predicted octanol–water partition coefficient (Wildman–Crippen LogP) is 1.35. The van der Waals surface area contributed by atoms with Gasteiger partial charge in [0, 0.05) is 23.1 Å².